The molecule has 0 saturated carbocycles. The Labute approximate surface area is 96.7 Å². The molecule has 6 heteroatoms. The van der Waals surface area contributed by atoms with E-state index in [1.165, 1.54) is 12.1 Å². The number of esters is 2. The van der Waals surface area contributed by atoms with Crippen molar-refractivity contribution < 1.29 is 36.5 Å². The third-order valence-corrected chi connectivity index (χ3v) is 1.50. The Morgan fingerprint density at radius 2 is 1.93 bits per heavy atom. The summed E-state index contributed by atoms with van der Waals surface area (Å²) in [6.07, 6.45) is 0. The first kappa shape index (κ1) is 13.6. The Morgan fingerprint density at radius 1 is 1.33 bits per heavy atom. The van der Waals surface area contributed by atoms with Crippen LogP contribution in [0.5, 0.6) is 5.75 Å². The molecule has 1 rings (SSSR count). The topological polar surface area (TPSA) is 89.6 Å². The molecule has 3 N–H and O–H groups in total. The van der Waals surface area contributed by atoms with Crippen molar-refractivity contribution in [1.29, 1.82) is 0 Å². The van der Waals surface area contributed by atoms with E-state index in [-0.39, 0.29) is 34.9 Å². The molecule has 0 atom stereocenters. The molecule has 0 amide bonds. The molecule has 0 aromatic heterocycles. The van der Waals surface area contributed by atoms with Gasteiger partial charge in [-0.25, -0.2) is 4.79 Å². The summed E-state index contributed by atoms with van der Waals surface area (Å²) in [5.41, 5.74) is 4.89. The number of ether oxygens (including phenoxy) is 1. The summed E-state index contributed by atoms with van der Waals surface area (Å²) >= 11 is 0. The van der Waals surface area contributed by atoms with Gasteiger partial charge in [0.2, 0.25) is 0 Å². The summed E-state index contributed by atoms with van der Waals surface area (Å²) in [5, 5.41) is 9.22. The van der Waals surface area contributed by atoms with Gasteiger partial charge in [0.1, 0.15) is 11.3 Å². The molecule has 1 aromatic carbocycles. The molecular weight excluding hydrogens is 241 g/mol. The van der Waals surface area contributed by atoms with Gasteiger partial charge in [0.25, 0.3) is 0 Å². The van der Waals surface area contributed by atoms with Gasteiger partial charge in [-0.2, -0.15) is 0 Å². The van der Waals surface area contributed by atoms with Crippen molar-refractivity contribution in [2.45, 2.75) is 0 Å². The molecular formula is C9H9MnNO4. The van der Waals surface area contributed by atoms with Crippen molar-refractivity contribution in [2.75, 3.05) is 6.54 Å². The van der Waals surface area contributed by atoms with Crippen LogP contribution in [0.4, 0.5) is 0 Å². The van der Waals surface area contributed by atoms with E-state index in [1.807, 2.05) is 0 Å². The predicted molar refractivity (Wildman–Crippen MR) is 47.6 cm³/mol. The first-order valence-electron chi connectivity index (χ1n) is 3.88. The zero-order chi connectivity index (χ0) is 10.6. The van der Waals surface area contributed by atoms with Crippen LogP contribution >= 0.6 is 0 Å². The summed E-state index contributed by atoms with van der Waals surface area (Å²) in [6, 6.07) is 5.77. The van der Waals surface area contributed by atoms with Crippen molar-refractivity contribution in [3.8, 4) is 5.75 Å². The first-order chi connectivity index (χ1) is 6.65. The fourth-order valence-electron chi connectivity index (χ4n) is 0.846. The van der Waals surface area contributed by atoms with Crippen LogP contribution in [0.15, 0.2) is 24.3 Å². The minimum atomic E-state index is -0.904. The average Bonchev–Trinajstić information content (AvgIpc) is 2.18. The van der Waals surface area contributed by atoms with Crippen molar-refractivity contribution in [3.05, 3.63) is 29.8 Å². The average molecular weight is 250 g/mol. The predicted octanol–water partition coefficient (Wildman–Crippen LogP) is 0.0318. The zero-order valence-electron chi connectivity index (χ0n) is 7.64. The maximum absolute atomic E-state index is 11.2. The number of phenolic OH excluding ortho intramolecular Hbond substituents is 1. The number of aromatic hydroxyl groups is 1. The van der Waals surface area contributed by atoms with Crippen LogP contribution in [0, 0.1) is 0 Å². The summed E-state index contributed by atoms with van der Waals surface area (Å²) in [4.78, 5) is 21.8. The van der Waals surface area contributed by atoms with E-state index < -0.39 is 11.9 Å². The van der Waals surface area contributed by atoms with Gasteiger partial charge in [-0.3, -0.25) is 4.79 Å². The molecule has 15 heavy (non-hydrogen) atoms. The Kier molecular flexibility index (Phi) is 5.62. The van der Waals surface area contributed by atoms with Gasteiger partial charge in [0, 0.05) is 17.1 Å². The van der Waals surface area contributed by atoms with Crippen molar-refractivity contribution >= 4 is 11.9 Å². The van der Waals surface area contributed by atoms with Gasteiger partial charge in [0.15, 0.2) is 0 Å². The molecule has 0 fully saturated rings. The Balaban J connectivity index is 0.00000196. The van der Waals surface area contributed by atoms with Crippen LogP contribution in [0.2, 0.25) is 0 Å². The van der Waals surface area contributed by atoms with Crippen LogP contribution in [0.25, 0.3) is 0 Å². The second kappa shape index (κ2) is 6.18. The van der Waals surface area contributed by atoms with E-state index in [0.29, 0.717) is 0 Å². The number of nitrogens with two attached hydrogens (primary N) is 1. The summed E-state index contributed by atoms with van der Waals surface area (Å²) in [6.45, 7) is -0.376. The van der Waals surface area contributed by atoms with Gasteiger partial charge in [-0.1, -0.05) is 12.1 Å². The number of carbonyl (C=O) groups is 2. The van der Waals surface area contributed by atoms with E-state index in [4.69, 9.17) is 5.73 Å². The molecule has 0 aliphatic carbocycles. The van der Waals surface area contributed by atoms with Gasteiger partial charge in [-0.05, 0) is 12.1 Å². The summed E-state index contributed by atoms with van der Waals surface area (Å²) in [7, 11) is 0. The maximum Gasteiger partial charge on any atom is 0.349 e. The maximum atomic E-state index is 11.2. The molecule has 0 bridgehead atoms. The van der Waals surface area contributed by atoms with Crippen LogP contribution in [0.3, 0.4) is 0 Å². The number of phenols is 1. The van der Waals surface area contributed by atoms with Crippen molar-refractivity contribution in [1.82, 2.24) is 0 Å². The van der Waals surface area contributed by atoms with Gasteiger partial charge < -0.3 is 15.6 Å². The quantitative estimate of drug-likeness (QED) is 0.439. The fraction of sp³-hybridized carbons (Fsp3) is 0.111. The third kappa shape index (κ3) is 3.71. The van der Waals surface area contributed by atoms with Crippen molar-refractivity contribution in [3.63, 3.8) is 0 Å². The van der Waals surface area contributed by atoms with Crippen molar-refractivity contribution in [2.24, 2.45) is 5.73 Å². The Bertz CT molecular complexity index is 367. The van der Waals surface area contributed by atoms with E-state index in [1.54, 1.807) is 12.1 Å². The zero-order valence-corrected chi connectivity index (χ0v) is 8.82. The van der Waals surface area contributed by atoms with E-state index in [0.717, 1.165) is 0 Å². The fourth-order valence-corrected chi connectivity index (χ4v) is 0.846. The number of para-hydroxylation sites is 1. The van der Waals surface area contributed by atoms with Crippen LogP contribution < -0.4 is 5.73 Å². The standard InChI is InChI=1S/C9H9NO4.Mn/c10-5-8(12)14-9(13)6-3-1-2-4-7(6)11;/h1-4,11H,5,10H2;. The molecule has 0 heterocycles. The molecule has 1 radical (unpaired) electrons. The molecule has 81 valence electrons. The molecule has 0 aliphatic heterocycles. The largest absolute Gasteiger partial charge is 0.507 e. The SMILES string of the molecule is NCC(=O)OC(=O)c1ccccc1O.[Mn]. The number of hydrogen-bond acceptors (Lipinski definition) is 5. The first-order valence-corrected chi connectivity index (χ1v) is 3.88. The molecule has 0 saturated heterocycles. The van der Waals surface area contributed by atoms with Gasteiger partial charge in [0.05, 0.1) is 6.54 Å². The Morgan fingerprint density at radius 3 is 2.47 bits per heavy atom. The second-order valence-electron chi connectivity index (χ2n) is 2.48. The Hall–Kier alpha value is -1.36. The van der Waals surface area contributed by atoms with E-state index >= 15 is 0 Å². The normalized spacial score (nSPS) is 8.87. The smallest absolute Gasteiger partial charge is 0.349 e. The summed E-state index contributed by atoms with van der Waals surface area (Å²) < 4.78 is 4.30. The van der Waals surface area contributed by atoms with Gasteiger partial charge >= 0.3 is 11.9 Å². The second-order valence-corrected chi connectivity index (χ2v) is 2.48. The van der Waals surface area contributed by atoms with E-state index in [2.05, 4.69) is 4.74 Å². The molecule has 0 spiro atoms. The molecule has 1 aromatic rings. The summed E-state index contributed by atoms with van der Waals surface area (Å²) in [5.74, 6) is -1.97. The monoisotopic (exact) mass is 250 g/mol. The molecule has 0 aliphatic rings. The van der Waals surface area contributed by atoms with E-state index in [9.17, 15) is 14.7 Å². The minimum Gasteiger partial charge on any atom is -0.507 e. The number of hydrogen-bond donors (Lipinski definition) is 2. The minimum absolute atomic E-state index is 0. The molecule has 5 nitrogen and oxygen atoms in total. The number of rotatable bonds is 2. The van der Waals surface area contributed by atoms with Crippen LogP contribution in [-0.4, -0.2) is 23.6 Å². The van der Waals surface area contributed by atoms with Crippen LogP contribution in [0.1, 0.15) is 10.4 Å². The number of carbonyl (C=O) groups excluding carboxylic acids is 2. The third-order valence-electron chi connectivity index (χ3n) is 1.50. The van der Waals surface area contributed by atoms with Gasteiger partial charge in [-0.15, -0.1) is 0 Å². The number of benzene rings is 1. The molecule has 0 unspecified atom stereocenters. The van der Waals surface area contributed by atoms with Crippen LogP contribution in [-0.2, 0) is 26.6 Å².